The summed E-state index contributed by atoms with van der Waals surface area (Å²) in [5.74, 6) is 0.464. The second-order valence-electron chi connectivity index (χ2n) is 6.19. The SMILES string of the molecule is O=C(Cc1c[nH]c(=O)[nH]c1=O)N1CCCC1c1nc(-c2ccccn2)no1. The first kappa shape index (κ1) is 16.9. The van der Waals surface area contributed by atoms with Crippen LogP contribution in [0, 0.1) is 0 Å². The van der Waals surface area contributed by atoms with Crippen LogP contribution >= 0.6 is 0 Å². The van der Waals surface area contributed by atoms with Gasteiger partial charge in [0.05, 0.1) is 6.42 Å². The number of amides is 1. The zero-order valence-electron chi connectivity index (χ0n) is 14.2. The predicted molar refractivity (Wildman–Crippen MR) is 92.6 cm³/mol. The Morgan fingerprint density at radius 3 is 3.00 bits per heavy atom. The molecule has 0 radical (unpaired) electrons. The molecular formula is C17H16N6O4. The molecule has 2 N–H and O–H groups in total. The van der Waals surface area contributed by atoms with Crippen LogP contribution in [0.25, 0.3) is 11.5 Å². The maximum absolute atomic E-state index is 12.7. The van der Waals surface area contributed by atoms with Gasteiger partial charge in [-0.05, 0) is 25.0 Å². The minimum atomic E-state index is -0.608. The van der Waals surface area contributed by atoms with Crippen LogP contribution in [0.15, 0.2) is 44.7 Å². The Labute approximate surface area is 152 Å². The molecule has 4 rings (SSSR count). The summed E-state index contributed by atoms with van der Waals surface area (Å²) in [4.78, 5) is 50.3. The molecule has 1 saturated heterocycles. The van der Waals surface area contributed by atoms with Gasteiger partial charge >= 0.3 is 5.69 Å². The summed E-state index contributed by atoms with van der Waals surface area (Å²) >= 11 is 0. The molecule has 0 aromatic carbocycles. The van der Waals surface area contributed by atoms with Gasteiger partial charge in [0.2, 0.25) is 17.6 Å². The summed E-state index contributed by atoms with van der Waals surface area (Å²) < 4.78 is 5.36. The zero-order chi connectivity index (χ0) is 18.8. The summed E-state index contributed by atoms with van der Waals surface area (Å²) in [6.45, 7) is 0.534. The topological polar surface area (TPSA) is 138 Å². The van der Waals surface area contributed by atoms with Crippen molar-refractivity contribution >= 4 is 5.91 Å². The summed E-state index contributed by atoms with van der Waals surface area (Å²) in [5, 5.41) is 3.95. The van der Waals surface area contributed by atoms with E-state index in [0.29, 0.717) is 30.4 Å². The molecule has 1 aliphatic heterocycles. The number of rotatable bonds is 4. The molecule has 1 fully saturated rings. The molecule has 10 nitrogen and oxygen atoms in total. The molecule has 1 unspecified atom stereocenters. The Balaban J connectivity index is 1.54. The number of H-pyrrole nitrogens is 2. The number of likely N-dealkylation sites (tertiary alicyclic amines) is 1. The molecule has 3 aromatic rings. The van der Waals surface area contributed by atoms with Crippen LogP contribution in [-0.2, 0) is 11.2 Å². The predicted octanol–water partition coefficient (Wildman–Crippen LogP) is 0.414. The molecule has 1 atom stereocenters. The van der Waals surface area contributed by atoms with E-state index in [9.17, 15) is 14.4 Å². The average Bonchev–Trinajstić information content (AvgIpc) is 3.33. The Bertz CT molecular complexity index is 1070. The molecule has 1 amide bonds. The smallest absolute Gasteiger partial charge is 0.325 e. The van der Waals surface area contributed by atoms with E-state index in [4.69, 9.17) is 4.52 Å². The molecule has 1 aliphatic rings. The van der Waals surface area contributed by atoms with E-state index in [2.05, 4.69) is 25.1 Å². The molecule has 138 valence electrons. The number of hydrogen-bond donors (Lipinski definition) is 2. The lowest BCUT2D eigenvalue weighted by Gasteiger charge is -2.21. The van der Waals surface area contributed by atoms with Crippen molar-refractivity contribution in [1.29, 1.82) is 0 Å². The number of pyridine rings is 1. The highest BCUT2D eigenvalue weighted by atomic mass is 16.5. The van der Waals surface area contributed by atoms with Crippen LogP contribution in [-0.4, -0.2) is 42.4 Å². The van der Waals surface area contributed by atoms with Gasteiger partial charge in [-0.1, -0.05) is 11.2 Å². The fourth-order valence-corrected chi connectivity index (χ4v) is 3.13. The van der Waals surface area contributed by atoms with Crippen molar-refractivity contribution in [1.82, 2.24) is 30.0 Å². The molecule has 10 heteroatoms. The third kappa shape index (κ3) is 3.41. The highest BCUT2D eigenvalue weighted by Crippen LogP contribution is 2.32. The van der Waals surface area contributed by atoms with E-state index in [1.54, 1.807) is 23.2 Å². The van der Waals surface area contributed by atoms with Gasteiger partial charge in [0.15, 0.2) is 0 Å². The first-order chi connectivity index (χ1) is 13.1. The molecule has 27 heavy (non-hydrogen) atoms. The number of hydrogen-bond acceptors (Lipinski definition) is 7. The number of nitrogens with zero attached hydrogens (tertiary/aromatic N) is 4. The normalized spacial score (nSPS) is 16.6. The summed E-state index contributed by atoms with van der Waals surface area (Å²) in [6.07, 6.45) is 4.26. The highest BCUT2D eigenvalue weighted by Gasteiger charge is 2.34. The van der Waals surface area contributed by atoms with Gasteiger partial charge in [0.25, 0.3) is 5.56 Å². The molecule has 0 saturated carbocycles. The van der Waals surface area contributed by atoms with Gasteiger partial charge in [-0.25, -0.2) is 4.79 Å². The quantitative estimate of drug-likeness (QED) is 0.680. The van der Waals surface area contributed by atoms with Gasteiger partial charge in [0, 0.05) is 24.5 Å². The highest BCUT2D eigenvalue weighted by molar-refractivity contribution is 5.79. The third-order valence-electron chi connectivity index (χ3n) is 4.43. The van der Waals surface area contributed by atoms with Crippen LogP contribution in [0.2, 0.25) is 0 Å². The van der Waals surface area contributed by atoms with E-state index in [-0.39, 0.29) is 23.9 Å². The van der Waals surface area contributed by atoms with Gasteiger partial charge in [-0.2, -0.15) is 4.98 Å². The lowest BCUT2D eigenvalue weighted by molar-refractivity contribution is -0.131. The van der Waals surface area contributed by atoms with E-state index < -0.39 is 11.2 Å². The largest absolute Gasteiger partial charge is 0.337 e. The average molecular weight is 368 g/mol. The molecule has 4 heterocycles. The molecular weight excluding hydrogens is 352 g/mol. The van der Waals surface area contributed by atoms with Gasteiger partial charge in [-0.15, -0.1) is 0 Å². The summed E-state index contributed by atoms with van der Waals surface area (Å²) in [6, 6.07) is 5.05. The molecule has 0 bridgehead atoms. The number of aromatic nitrogens is 5. The fraction of sp³-hybridized carbons (Fsp3) is 0.294. The maximum Gasteiger partial charge on any atom is 0.325 e. The number of carbonyl (C=O) groups is 1. The number of aromatic amines is 2. The van der Waals surface area contributed by atoms with Crippen LogP contribution in [0.5, 0.6) is 0 Å². The first-order valence-corrected chi connectivity index (χ1v) is 8.47. The number of nitrogens with one attached hydrogen (secondary N) is 2. The fourth-order valence-electron chi connectivity index (χ4n) is 3.13. The Morgan fingerprint density at radius 2 is 2.22 bits per heavy atom. The van der Waals surface area contributed by atoms with E-state index in [1.807, 2.05) is 6.07 Å². The Kier molecular flexibility index (Phi) is 4.37. The van der Waals surface area contributed by atoms with Crippen molar-refractivity contribution in [3.8, 4) is 11.5 Å². The minimum absolute atomic E-state index is 0.121. The third-order valence-corrected chi connectivity index (χ3v) is 4.43. The van der Waals surface area contributed by atoms with Crippen molar-refractivity contribution < 1.29 is 9.32 Å². The maximum atomic E-state index is 12.7. The van der Waals surface area contributed by atoms with Crippen LogP contribution < -0.4 is 11.2 Å². The van der Waals surface area contributed by atoms with Gasteiger partial charge in [0.1, 0.15) is 11.7 Å². The minimum Gasteiger partial charge on any atom is -0.337 e. The van der Waals surface area contributed by atoms with Crippen molar-refractivity contribution in [3.63, 3.8) is 0 Å². The monoisotopic (exact) mass is 368 g/mol. The van der Waals surface area contributed by atoms with Crippen molar-refractivity contribution in [3.05, 3.63) is 62.9 Å². The van der Waals surface area contributed by atoms with E-state index in [0.717, 1.165) is 6.42 Å². The zero-order valence-corrected chi connectivity index (χ0v) is 14.2. The standard InChI is InChI=1S/C17H16N6O4/c24-13(8-10-9-19-17(26)21-15(10)25)23-7-3-5-12(23)16-20-14(22-27-16)11-4-1-2-6-18-11/h1-2,4,6,9,12H,3,5,7-8H2,(H2,19,21,25,26). The van der Waals surface area contributed by atoms with Gasteiger partial charge < -0.3 is 14.4 Å². The van der Waals surface area contributed by atoms with E-state index >= 15 is 0 Å². The second-order valence-corrected chi connectivity index (χ2v) is 6.19. The van der Waals surface area contributed by atoms with Crippen LogP contribution in [0.4, 0.5) is 0 Å². The van der Waals surface area contributed by atoms with Gasteiger partial charge in [-0.3, -0.25) is 19.6 Å². The van der Waals surface area contributed by atoms with Crippen LogP contribution in [0.3, 0.4) is 0 Å². The lowest BCUT2D eigenvalue weighted by atomic mass is 10.2. The summed E-state index contributed by atoms with van der Waals surface area (Å²) in [7, 11) is 0. The lowest BCUT2D eigenvalue weighted by Crippen LogP contribution is -2.34. The first-order valence-electron chi connectivity index (χ1n) is 8.47. The molecule has 3 aromatic heterocycles. The number of carbonyl (C=O) groups excluding carboxylic acids is 1. The van der Waals surface area contributed by atoms with E-state index in [1.165, 1.54) is 6.20 Å². The van der Waals surface area contributed by atoms with Crippen molar-refractivity contribution in [2.24, 2.45) is 0 Å². The van der Waals surface area contributed by atoms with Crippen LogP contribution in [0.1, 0.15) is 30.3 Å². The molecule has 0 spiro atoms. The van der Waals surface area contributed by atoms with Crippen molar-refractivity contribution in [2.75, 3.05) is 6.54 Å². The molecule has 0 aliphatic carbocycles. The summed E-state index contributed by atoms with van der Waals surface area (Å²) in [5.41, 5.74) is -0.394. The Morgan fingerprint density at radius 1 is 1.33 bits per heavy atom. The van der Waals surface area contributed by atoms with Crippen molar-refractivity contribution in [2.45, 2.75) is 25.3 Å². The Hall–Kier alpha value is -3.56. The second kappa shape index (κ2) is 6.98.